The number of nitrogens with one attached hydrogen (secondary N) is 1. The van der Waals surface area contributed by atoms with E-state index in [0.29, 0.717) is 6.04 Å². The van der Waals surface area contributed by atoms with Crippen LogP contribution in [0.5, 0.6) is 0 Å². The molecule has 0 aliphatic carbocycles. The first-order valence-electron chi connectivity index (χ1n) is 8.17. The quantitative estimate of drug-likeness (QED) is 0.851. The van der Waals surface area contributed by atoms with Crippen molar-refractivity contribution >= 4 is 11.3 Å². The minimum atomic E-state index is 0.287. The Kier molecular flexibility index (Phi) is 5.65. The molecule has 0 saturated carbocycles. The molecule has 0 radical (unpaired) electrons. The van der Waals surface area contributed by atoms with Crippen LogP contribution in [0.1, 0.15) is 56.7 Å². The lowest BCUT2D eigenvalue weighted by Crippen LogP contribution is -2.62. The molecule has 1 fully saturated rings. The Labute approximate surface area is 128 Å². The van der Waals surface area contributed by atoms with Crippen LogP contribution in [0, 0.1) is 0 Å². The minimum Gasteiger partial charge on any atom is -0.309 e. The maximum Gasteiger partial charge on any atom is 0.0332 e. The van der Waals surface area contributed by atoms with Gasteiger partial charge in [0.2, 0.25) is 0 Å². The van der Waals surface area contributed by atoms with Crippen molar-refractivity contribution in [1.82, 2.24) is 10.2 Å². The SMILES string of the molecule is CCCC1CNC(C)(CC)CN1Cc1ccc(CC)s1. The van der Waals surface area contributed by atoms with Crippen molar-refractivity contribution in [2.75, 3.05) is 13.1 Å². The van der Waals surface area contributed by atoms with Gasteiger partial charge in [-0.1, -0.05) is 27.2 Å². The van der Waals surface area contributed by atoms with Crippen molar-refractivity contribution in [2.45, 2.75) is 71.5 Å². The van der Waals surface area contributed by atoms with E-state index in [1.807, 2.05) is 11.3 Å². The molecule has 0 spiro atoms. The van der Waals surface area contributed by atoms with Crippen LogP contribution in [0.3, 0.4) is 0 Å². The summed E-state index contributed by atoms with van der Waals surface area (Å²) >= 11 is 1.99. The van der Waals surface area contributed by atoms with E-state index in [1.165, 1.54) is 35.6 Å². The number of rotatable bonds is 6. The zero-order chi connectivity index (χ0) is 14.6. The molecular weight excluding hydrogens is 264 g/mol. The van der Waals surface area contributed by atoms with Gasteiger partial charge in [0.05, 0.1) is 0 Å². The van der Waals surface area contributed by atoms with Gasteiger partial charge in [-0.15, -0.1) is 11.3 Å². The number of nitrogens with zero attached hydrogens (tertiary/aromatic N) is 1. The lowest BCUT2D eigenvalue weighted by atomic mass is 9.92. The molecular formula is C17H30N2S. The average Bonchev–Trinajstić information content (AvgIpc) is 2.90. The molecule has 2 unspecified atom stereocenters. The second-order valence-corrected chi connectivity index (χ2v) is 7.62. The molecule has 20 heavy (non-hydrogen) atoms. The van der Waals surface area contributed by atoms with E-state index < -0.39 is 0 Å². The van der Waals surface area contributed by atoms with Crippen molar-refractivity contribution in [3.63, 3.8) is 0 Å². The zero-order valence-corrected chi connectivity index (χ0v) is 14.4. The Morgan fingerprint density at radius 2 is 2.05 bits per heavy atom. The van der Waals surface area contributed by atoms with Gasteiger partial charge < -0.3 is 5.32 Å². The highest BCUT2D eigenvalue weighted by Crippen LogP contribution is 2.26. The largest absolute Gasteiger partial charge is 0.309 e. The molecule has 0 amide bonds. The summed E-state index contributed by atoms with van der Waals surface area (Å²) in [4.78, 5) is 5.76. The van der Waals surface area contributed by atoms with Gasteiger partial charge in [0.1, 0.15) is 0 Å². The topological polar surface area (TPSA) is 15.3 Å². The monoisotopic (exact) mass is 294 g/mol. The highest BCUT2D eigenvalue weighted by molar-refractivity contribution is 7.11. The molecule has 2 nitrogen and oxygen atoms in total. The predicted octanol–water partition coefficient (Wildman–Crippen LogP) is 4.05. The number of hydrogen-bond acceptors (Lipinski definition) is 3. The molecule has 3 heteroatoms. The third-order valence-electron chi connectivity index (χ3n) is 4.66. The molecule has 1 aromatic heterocycles. The van der Waals surface area contributed by atoms with E-state index >= 15 is 0 Å². The van der Waals surface area contributed by atoms with Crippen molar-refractivity contribution in [3.8, 4) is 0 Å². The second-order valence-electron chi connectivity index (χ2n) is 6.36. The van der Waals surface area contributed by atoms with E-state index in [-0.39, 0.29) is 5.54 Å². The molecule has 0 bridgehead atoms. The fraction of sp³-hybridized carbons (Fsp3) is 0.765. The molecule has 114 valence electrons. The van der Waals surface area contributed by atoms with Gasteiger partial charge in [0.25, 0.3) is 0 Å². The van der Waals surface area contributed by atoms with Crippen molar-refractivity contribution in [1.29, 1.82) is 0 Å². The van der Waals surface area contributed by atoms with Crippen LogP contribution in [0.4, 0.5) is 0 Å². The average molecular weight is 295 g/mol. The molecule has 1 saturated heterocycles. The Morgan fingerprint density at radius 3 is 2.65 bits per heavy atom. The molecule has 2 heterocycles. The molecule has 0 aromatic carbocycles. The first-order chi connectivity index (χ1) is 9.60. The van der Waals surface area contributed by atoms with Gasteiger partial charge in [-0.25, -0.2) is 0 Å². The van der Waals surface area contributed by atoms with E-state index in [2.05, 4.69) is 50.0 Å². The summed E-state index contributed by atoms with van der Waals surface area (Å²) in [7, 11) is 0. The van der Waals surface area contributed by atoms with Crippen molar-refractivity contribution in [2.24, 2.45) is 0 Å². The van der Waals surface area contributed by atoms with Crippen LogP contribution in [0.15, 0.2) is 12.1 Å². The van der Waals surface area contributed by atoms with E-state index in [0.717, 1.165) is 19.5 Å². The third kappa shape index (κ3) is 3.84. The van der Waals surface area contributed by atoms with E-state index in [9.17, 15) is 0 Å². The Balaban J connectivity index is 2.06. The molecule has 1 aliphatic heterocycles. The van der Waals surface area contributed by atoms with Gasteiger partial charge in [-0.2, -0.15) is 0 Å². The molecule has 1 N–H and O–H groups in total. The van der Waals surface area contributed by atoms with Gasteiger partial charge in [0.15, 0.2) is 0 Å². The number of thiophene rings is 1. The number of aryl methyl sites for hydroxylation is 1. The first-order valence-corrected chi connectivity index (χ1v) is 8.98. The van der Waals surface area contributed by atoms with Crippen LogP contribution < -0.4 is 5.32 Å². The minimum absolute atomic E-state index is 0.287. The second kappa shape index (κ2) is 7.06. The van der Waals surface area contributed by atoms with Crippen LogP contribution in [0.25, 0.3) is 0 Å². The van der Waals surface area contributed by atoms with Crippen molar-refractivity contribution in [3.05, 3.63) is 21.9 Å². The Hall–Kier alpha value is -0.380. The third-order valence-corrected chi connectivity index (χ3v) is 5.87. The standard InChI is InChI=1S/C17H30N2S/c1-5-8-14-11-18-17(4,7-3)13-19(14)12-16-10-9-15(6-2)20-16/h9-10,14,18H,5-8,11-13H2,1-4H3. The Bertz CT molecular complexity index is 415. The van der Waals surface area contributed by atoms with Crippen LogP contribution in [-0.2, 0) is 13.0 Å². The van der Waals surface area contributed by atoms with E-state index in [4.69, 9.17) is 0 Å². The summed E-state index contributed by atoms with van der Waals surface area (Å²) in [6.45, 7) is 12.7. The van der Waals surface area contributed by atoms with Gasteiger partial charge in [-0.05, 0) is 38.3 Å². The normalized spacial score (nSPS) is 27.9. The first kappa shape index (κ1) is 16.0. The molecule has 1 aromatic rings. The highest BCUT2D eigenvalue weighted by atomic mass is 32.1. The van der Waals surface area contributed by atoms with Crippen LogP contribution in [-0.4, -0.2) is 29.6 Å². The molecule has 2 rings (SSSR count). The predicted molar refractivity (Wildman–Crippen MR) is 89.5 cm³/mol. The summed E-state index contributed by atoms with van der Waals surface area (Å²) in [5.74, 6) is 0. The molecule has 1 aliphatic rings. The van der Waals surface area contributed by atoms with Gasteiger partial charge in [-0.3, -0.25) is 4.90 Å². The van der Waals surface area contributed by atoms with Gasteiger partial charge >= 0.3 is 0 Å². The van der Waals surface area contributed by atoms with Crippen molar-refractivity contribution < 1.29 is 0 Å². The van der Waals surface area contributed by atoms with Crippen LogP contribution in [0.2, 0.25) is 0 Å². The summed E-state index contributed by atoms with van der Waals surface area (Å²) in [6, 6.07) is 5.33. The Morgan fingerprint density at radius 1 is 1.30 bits per heavy atom. The lowest BCUT2D eigenvalue weighted by molar-refractivity contribution is 0.0734. The number of piperazine rings is 1. The smallest absolute Gasteiger partial charge is 0.0332 e. The van der Waals surface area contributed by atoms with Crippen LogP contribution >= 0.6 is 11.3 Å². The summed E-state index contributed by atoms with van der Waals surface area (Å²) < 4.78 is 0. The maximum atomic E-state index is 3.77. The molecule has 2 atom stereocenters. The highest BCUT2D eigenvalue weighted by Gasteiger charge is 2.34. The van der Waals surface area contributed by atoms with E-state index in [1.54, 1.807) is 0 Å². The lowest BCUT2D eigenvalue weighted by Gasteiger charge is -2.46. The summed E-state index contributed by atoms with van der Waals surface area (Å²) in [6.07, 6.45) is 4.94. The number of hydrogen-bond donors (Lipinski definition) is 1. The summed E-state index contributed by atoms with van der Waals surface area (Å²) in [5, 5.41) is 3.77. The van der Waals surface area contributed by atoms with Gasteiger partial charge in [0, 0.05) is 41.0 Å². The summed E-state index contributed by atoms with van der Waals surface area (Å²) in [5.41, 5.74) is 0.287. The fourth-order valence-corrected chi connectivity index (χ4v) is 4.05. The fourth-order valence-electron chi connectivity index (χ4n) is 3.06. The maximum absolute atomic E-state index is 3.77. The zero-order valence-electron chi connectivity index (χ0n) is 13.5.